The molecule has 19 heavy (non-hydrogen) atoms. The van der Waals surface area contributed by atoms with Gasteiger partial charge in [0, 0.05) is 18.7 Å². The van der Waals surface area contributed by atoms with Crippen LogP contribution in [0.2, 0.25) is 0 Å². The van der Waals surface area contributed by atoms with E-state index in [1.807, 2.05) is 13.0 Å². The minimum Gasteiger partial charge on any atom is -0.496 e. The van der Waals surface area contributed by atoms with Crippen LogP contribution in [0.5, 0.6) is 5.75 Å². The third-order valence-electron chi connectivity index (χ3n) is 2.78. The van der Waals surface area contributed by atoms with Gasteiger partial charge in [-0.2, -0.15) is 0 Å². The lowest BCUT2D eigenvalue weighted by Crippen LogP contribution is -2.08. The second kappa shape index (κ2) is 5.56. The van der Waals surface area contributed by atoms with Gasteiger partial charge < -0.3 is 14.5 Å². The maximum Gasteiger partial charge on any atom is 0.229 e. The van der Waals surface area contributed by atoms with E-state index >= 15 is 0 Å². The maximum absolute atomic E-state index is 11.2. The molecule has 0 spiro atoms. The van der Waals surface area contributed by atoms with E-state index < -0.39 is 0 Å². The Kier molecular flexibility index (Phi) is 3.85. The van der Waals surface area contributed by atoms with Crippen LogP contribution in [-0.2, 0) is 11.2 Å². The van der Waals surface area contributed by atoms with Gasteiger partial charge in [0.25, 0.3) is 0 Å². The van der Waals surface area contributed by atoms with Crippen molar-refractivity contribution < 1.29 is 13.9 Å². The molecule has 1 N–H and O–H groups in total. The fourth-order valence-corrected chi connectivity index (χ4v) is 1.92. The fourth-order valence-electron chi connectivity index (χ4n) is 1.92. The van der Waals surface area contributed by atoms with Gasteiger partial charge in [-0.25, -0.2) is 4.98 Å². The fraction of sp³-hybridized carbons (Fsp3) is 0.286. The first-order valence-corrected chi connectivity index (χ1v) is 6.04. The van der Waals surface area contributed by atoms with Crippen molar-refractivity contribution in [3.05, 3.63) is 30.2 Å². The number of oxazole rings is 1. The summed E-state index contributed by atoms with van der Waals surface area (Å²) in [4.78, 5) is 15.3. The standard InChI is InChI=1S/C14H16N2O3/c1-4-10-7-11(14-15-5-6-19-14)13(18-3)8-12(10)16-9(2)17/h5-8H,4H2,1-3H3,(H,16,17). The van der Waals surface area contributed by atoms with Crippen molar-refractivity contribution in [3.8, 4) is 17.2 Å². The van der Waals surface area contributed by atoms with Crippen molar-refractivity contribution in [1.82, 2.24) is 4.98 Å². The number of hydrogen-bond acceptors (Lipinski definition) is 4. The Morgan fingerprint density at radius 1 is 1.47 bits per heavy atom. The number of nitrogens with zero attached hydrogens (tertiary/aromatic N) is 1. The Labute approximate surface area is 111 Å². The summed E-state index contributed by atoms with van der Waals surface area (Å²) in [6.07, 6.45) is 3.89. The Hall–Kier alpha value is -2.30. The minimum absolute atomic E-state index is 0.111. The number of nitrogens with one attached hydrogen (secondary N) is 1. The molecule has 2 rings (SSSR count). The zero-order valence-electron chi connectivity index (χ0n) is 11.2. The third-order valence-corrected chi connectivity index (χ3v) is 2.78. The van der Waals surface area contributed by atoms with Crippen molar-refractivity contribution >= 4 is 11.6 Å². The highest BCUT2D eigenvalue weighted by Crippen LogP contribution is 2.34. The molecule has 0 saturated carbocycles. The average molecular weight is 260 g/mol. The average Bonchev–Trinajstić information content (AvgIpc) is 2.91. The van der Waals surface area contributed by atoms with Crippen LogP contribution >= 0.6 is 0 Å². The molecule has 5 nitrogen and oxygen atoms in total. The molecule has 2 aromatic rings. The Morgan fingerprint density at radius 3 is 2.79 bits per heavy atom. The molecule has 0 unspecified atom stereocenters. The molecule has 1 heterocycles. The van der Waals surface area contributed by atoms with E-state index in [4.69, 9.17) is 9.15 Å². The van der Waals surface area contributed by atoms with Crippen LogP contribution in [0.1, 0.15) is 19.4 Å². The van der Waals surface area contributed by atoms with Gasteiger partial charge >= 0.3 is 0 Å². The second-order valence-corrected chi connectivity index (χ2v) is 4.08. The van der Waals surface area contributed by atoms with Crippen molar-refractivity contribution in [2.75, 3.05) is 12.4 Å². The molecule has 0 fully saturated rings. The van der Waals surface area contributed by atoms with Crippen LogP contribution in [0, 0.1) is 0 Å². The van der Waals surface area contributed by atoms with Crippen LogP contribution in [0.15, 0.2) is 29.0 Å². The molecule has 5 heteroatoms. The number of rotatable bonds is 4. The molecular weight excluding hydrogens is 244 g/mol. The highest BCUT2D eigenvalue weighted by Gasteiger charge is 2.14. The smallest absolute Gasteiger partial charge is 0.229 e. The molecule has 1 aromatic heterocycles. The first-order chi connectivity index (χ1) is 9.15. The molecule has 1 amide bonds. The summed E-state index contributed by atoms with van der Waals surface area (Å²) in [7, 11) is 1.57. The summed E-state index contributed by atoms with van der Waals surface area (Å²) in [5, 5.41) is 2.80. The van der Waals surface area contributed by atoms with Crippen LogP contribution in [-0.4, -0.2) is 18.0 Å². The van der Waals surface area contributed by atoms with Crippen molar-refractivity contribution in [1.29, 1.82) is 0 Å². The largest absolute Gasteiger partial charge is 0.496 e. The second-order valence-electron chi connectivity index (χ2n) is 4.08. The molecule has 1 aromatic carbocycles. The van der Waals surface area contributed by atoms with Crippen molar-refractivity contribution in [3.63, 3.8) is 0 Å². The van der Waals surface area contributed by atoms with E-state index in [-0.39, 0.29) is 5.91 Å². The summed E-state index contributed by atoms with van der Waals surface area (Å²) in [6, 6.07) is 3.72. The lowest BCUT2D eigenvalue weighted by Gasteiger charge is -2.13. The third kappa shape index (κ3) is 2.76. The van der Waals surface area contributed by atoms with Crippen LogP contribution in [0.4, 0.5) is 5.69 Å². The Balaban J connectivity index is 2.53. The number of aromatic nitrogens is 1. The number of ether oxygens (including phenoxy) is 1. The van der Waals surface area contributed by atoms with Gasteiger partial charge in [-0.1, -0.05) is 6.92 Å². The van der Waals surface area contributed by atoms with E-state index in [0.717, 1.165) is 23.2 Å². The van der Waals surface area contributed by atoms with Gasteiger partial charge in [-0.15, -0.1) is 0 Å². The molecule has 0 aliphatic rings. The van der Waals surface area contributed by atoms with E-state index in [2.05, 4.69) is 10.3 Å². The number of benzene rings is 1. The highest BCUT2D eigenvalue weighted by atomic mass is 16.5. The summed E-state index contributed by atoms with van der Waals surface area (Å²) in [6.45, 7) is 3.50. The van der Waals surface area contributed by atoms with Gasteiger partial charge in [0.05, 0.1) is 18.9 Å². The van der Waals surface area contributed by atoms with Gasteiger partial charge in [-0.05, 0) is 18.1 Å². The summed E-state index contributed by atoms with van der Waals surface area (Å²) in [5.74, 6) is 1.00. The number of hydrogen-bond donors (Lipinski definition) is 1. The first-order valence-electron chi connectivity index (χ1n) is 6.04. The zero-order chi connectivity index (χ0) is 13.8. The van der Waals surface area contributed by atoms with Crippen LogP contribution in [0.25, 0.3) is 11.5 Å². The monoisotopic (exact) mass is 260 g/mol. The van der Waals surface area contributed by atoms with Crippen LogP contribution in [0.3, 0.4) is 0 Å². The van der Waals surface area contributed by atoms with E-state index in [1.165, 1.54) is 13.2 Å². The number of amides is 1. The van der Waals surface area contributed by atoms with E-state index in [0.29, 0.717) is 11.6 Å². The SMILES string of the molecule is CCc1cc(-c2ncco2)c(OC)cc1NC(C)=O. The number of methoxy groups -OCH3 is 1. The molecular formula is C14H16N2O3. The lowest BCUT2D eigenvalue weighted by molar-refractivity contribution is -0.114. The van der Waals surface area contributed by atoms with Crippen molar-refractivity contribution in [2.45, 2.75) is 20.3 Å². The van der Waals surface area contributed by atoms with Crippen molar-refractivity contribution in [2.24, 2.45) is 0 Å². The van der Waals surface area contributed by atoms with E-state index in [1.54, 1.807) is 19.4 Å². The number of carbonyl (C=O) groups is 1. The van der Waals surface area contributed by atoms with Gasteiger partial charge in [0.1, 0.15) is 12.0 Å². The van der Waals surface area contributed by atoms with Gasteiger partial charge in [0.2, 0.25) is 11.8 Å². The maximum atomic E-state index is 11.2. The van der Waals surface area contributed by atoms with Gasteiger partial charge in [-0.3, -0.25) is 4.79 Å². The summed E-state index contributed by atoms with van der Waals surface area (Å²) >= 11 is 0. The predicted molar refractivity (Wildman–Crippen MR) is 72.2 cm³/mol. The number of carbonyl (C=O) groups excluding carboxylic acids is 1. The molecule has 100 valence electrons. The molecule has 0 atom stereocenters. The molecule has 0 saturated heterocycles. The first kappa shape index (κ1) is 13.1. The van der Waals surface area contributed by atoms with E-state index in [9.17, 15) is 4.79 Å². The zero-order valence-corrected chi connectivity index (χ0v) is 11.2. The summed E-state index contributed by atoms with van der Waals surface area (Å²) < 4.78 is 10.6. The number of aryl methyl sites for hydroxylation is 1. The molecule has 0 radical (unpaired) electrons. The minimum atomic E-state index is -0.111. The Bertz CT molecular complexity index is 577. The summed E-state index contributed by atoms with van der Waals surface area (Å²) in [5.41, 5.74) is 2.53. The highest BCUT2D eigenvalue weighted by molar-refractivity contribution is 5.90. The predicted octanol–water partition coefficient (Wildman–Crippen LogP) is 2.87. The number of anilines is 1. The lowest BCUT2D eigenvalue weighted by atomic mass is 10.0. The molecule has 0 aliphatic carbocycles. The topological polar surface area (TPSA) is 64.4 Å². The molecule has 0 bridgehead atoms. The Morgan fingerprint density at radius 2 is 2.26 bits per heavy atom. The van der Waals surface area contributed by atoms with Crippen LogP contribution < -0.4 is 10.1 Å². The normalized spacial score (nSPS) is 10.3. The van der Waals surface area contributed by atoms with Gasteiger partial charge in [0.15, 0.2) is 0 Å². The quantitative estimate of drug-likeness (QED) is 0.918. The molecule has 0 aliphatic heterocycles.